The van der Waals surface area contributed by atoms with Crippen LogP contribution < -0.4 is 15.8 Å². The molecule has 0 aliphatic carbocycles. The van der Waals surface area contributed by atoms with E-state index in [9.17, 15) is 4.79 Å². The Bertz CT molecular complexity index is 552. The molecule has 1 amide bonds. The number of nitrogens with one attached hydrogen (secondary N) is 1. The van der Waals surface area contributed by atoms with E-state index in [0.29, 0.717) is 22.9 Å². The Balaban J connectivity index is 1.95. The number of nitrogen functional groups attached to an aromatic ring is 1. The van der Waals surface area contributed by atoms with E-state index in [1.807, 2.05) is 0 Å². The third-order valence-electron chi connectivity index (χ3n) is 2.42. The lowest BCUT2D eigenvalue weighted by atomic mass is 10.2. The average Bonchev–Trinajstić information content (AvgIpc) is 2.42. The lowest BCUT2D eigenvalue weighted by molar-refractivity contribution is -0.115. The number of hydrogen-bond donors (Lipinski definition) is 2. The van der Waals surface area contributed by atoms with Crippen LogP contribution in [0.25, 0.3) is 0 Å². The number of anilines is 2. The molecule has 19 heavy (non-hydrogen) atoms. The smallest absolute Gasteiger partial charge is 0.230 e. The highest BCUT2D eigenvalue weighted by Gasteiger charge is 2.05. The second kappa shape index (κ2) is 5.81. The fraction of sp³-hybridized carbons (Fsp3) is 0.154. The number of carbonyl (C=O) groups is 1. The molecule has 2 heterocycles. The molecule has 0 saturated heterocycles. The van der Waals surface area contributed by atoms with Gasteiger partial charge in [-0.2, -0.15) is 0 Å². The maximum atomic E-state index is 11.8. The van der Waals surface area contributed by atoms with Gasteiger partial charge in [0.1, 0.15) is 0 Å². The molecular formula is C13H14N4O2. The first-order valence-corrected chi connectivity index (χ1v) is 5.67. The Morgan fingerprint density at radius 1 is 1.26 bits per heavy atom. The molecule has 0 radical (unpaired) electrons. The van der Waals surface area contributed by atoms with E-state index in [2.05, 4.69) is 15.3 Å². The van der Waals surface area contributed by atoms with Crippen molar-refractivity contribution in [3.63, 3.8) is 0 Å². The number of carbonyl (C=O) groups excluding carboxylic acids is 1. The summed E-state index contributed by atoms with van der Waals surface area (Å²) in [5, 5.41) is 2.73. The van der Waals surface area contributed by atoms with Crippen LogP contribution in [-0.4, -0.2) is 23.0 Å². The number of aromatic nitrogens is 2. The van der Waals surface area contributed by atoms with E-state index in [1.54, 1.807) is 24.3 Å². The fourth-order valence-corrected chi connectivity index (χ4v) is 1.49. The average molecular weight is 258 g/mol. The molecule has 0 aliphatic heterocycles. The van der Waals surface area contributed by atoms with Crippen molar-refractivity contribution >= 4 is 17.3 Å². The monoisotopic (exact) mass is 258 g/mol. The zero-order valence-electron chi connectivity index (χ0n) is 10.5. The van der Waals surface area contributed by atoms with E-state index in [1.165, 1.54) is 19.5 Å². The quantitative estimate of drug-likeness (QED) is 0.861. The molecule has 0 aromatic carbocycles. The summed E-state index contributed by atoms with van der Waals surface area (Å²) in [5.74, 6) is 0.336. The first kappa shape index (κ1) is 12.8. The fourth-order valence-electron chi connectivity index (χ4n) is 1.49. The summed E-state index contributed by atoms with van der Waals surface area (Å²) in [4.78, 5) is 19.8. The molecule has 0 aliphatic rings. The molecule has 2 rings (SSSR count). The minimum atomic E-state index is -0.163. The Kier molecular flexibility index (Phi) is 3.92. The second-order valence-corrected chi connectivity index (χ2v) is 3.90. The van der Waals surface area contributed by atoms with Gasteiger partial charge in [-0.25, -0.2) is 4.98 Å². The maximum absolute atomic E-state index is 11.8. The SMILES string of the molecule is COc1ccc(NC(=O)Cc2ccc(N)cn2)cn1. The predicted octanol–water partition coefficient (Wildman–Crippen LogP) is 1.25. The summed E-state index contributed by atoms with van der Waals surface area (Å²) < 4.78 is 4.94. The van der Waals surface area contributed by atoms with Crippen molar-refractivity contribution in [3.8, 4) is 5.88 Å². The Morgan fingerprint density at radius 3 is 2.68 bits per heavy atom. The molecular weight excluding hydrogens is 244 g/mol. The van der Waals surface area contributed by atoms with Crippen molar-refractivity contribution in [1.82, 2.24) is 9.97 Å². The summed E-state index contributed by atoms with van der Waals surface area (Å²) in [7, 11) is 1.54. The van der Waals surface area contributed by atoms with Gasteiger partial charge < -0.3 is 15.8 Å². The number of ether oxygens (including phenoxy) is 1. The molecule has 3 N–H and O–H groups in total. The summed E-state index contributed by atoms with van der Waals surface area (Å²) in [6.45, 7) is 0. The molecule has 0 spiro atoms. The number of methoxy groups -OCH3 is 1. The van der Waals surface area contributed by atoms with Gasteiger partial charge in [-0.05, 0) is 18.2 Å². The Morgan fingerprint density at radius 2 is 2.11 bits per heavy atom. The third-order valence-corrected chi connectivity index (χ3v) is 2.42. The van der Waals surface area contributed by atoms with Gasteiger partial charge in [0.25, 0.3) is 0 Å². The highest BCUT2D eigenvalue weighted by molar-refractivity contribution is 5.91. The Labute approximate surface area is 110 Å². The van der Waals surface area contributed by atoms with Crippen molar-refractivity contribution in [2.45, 2.75) is 6.42 Å². The van der Waals surface area contributed by atoms with E-state index in [0.717, 1.165) is 0 Å². The van der Waals surface area contributed by atoms with Crippen molar-refractivity contribution in [1.29, 1.82) is 0 Å². The van der Waals surface area contributed by atoms with Gasteiger partial charge in [-0.1, -0.05) is 0 Å². The molecule has 2 aromatic heterocycles. The molecule has 0 fully saturated rings. The molecule has 6 heteroatoms. The van der Waals surface area contributed by atoms with Crippen molar-refractivity contribution < 1.29 is 9.53 Å². The zero-order valence-corrected chi connectivity index (χ0v) is 10.5. The van der Waals surface area contributed by atoms with Crippen LogP contribution in [-0.2, 0) is 11.2 Å². The summed E-state index contributed by atoms with van der Waals surface area (Å²) >= 11 is 0. The number of amides is 1. The lowest BCUT2D eigenvalue weighted by Crippen LogP contribution is -2.15. The highest BCUT2D eigenvalue weighted by Crippen LogP contribution is 2.11. The Hall–Kier alpha value is -2.63. The van der Waals surface area contributed by atoms with Gasteiger partial charge in [0.15, 0.2) is 0 Å². The molecule has 0 bridgehead atoms. The second-order valence-electron chi connectivity index (χ2n) is 3.90. The van der Waals surface area contributed by atoms with E-state index in [4.69, 9.17) is 10.5 Å². The van der Waals surface area contributed by atoms with Crippen LogP contribution in [0.15, 0.2) is 36.7 Å². The van der Waals surface area contributed by atoms with Crippen LogP contribution in [0.4, 0.5) is 11.4 Å². The maximum Gasteiger partial charge on any atom is 0.230 e. The van der Waals surface area contributed by atoms with Gasteiger partial charge >= 0.3 is 0 Å². The number of rotatable bonds is 4. The van der Waals surface area contributed by atoms with Crippen LogP contribution >= 0.6 is 0 Å². The minimum Gasteiger partial charge on any atom is -0.481 e. The van der Waals surface area contributed by atoms with Gasteiger partial charge in [-0.15, -0.1) is 0 Å². The third kappa shape index (κ3) is 3.67. The van der Waals surface area contributed by atoms with Crippen molar-refractivity contribution in [2.75, 3.05) is 18.2 Å². The summed E-state index contributed by atoms with van der Waals surface area (Å²) in [5.41, 5.74) is 7.37. The molecule has 0 saturated carbocycles. The molecule has 98 valence electrons. The van der Waals surface area contributed by atoms with E-state index >= 15 is 0 Å². The molecule has 6 nitrogen and oxygen atoms in total. The van der Waals surface area contributed by atoms with Gasteiger partial charge in [0.2, 0.25) is 11.8 Å². The van der Waals surface area contributed by atoms with Crippen molar-refractivity contribution in [3.05, 3.63) is 42.4 Å². The van der Waals surface area contributed by atoms with Gasteiger partial charge in [0.05, 0.1) is 37.3 Å². The minimum absolute atomic E-state index is 0.163. The van der Waals surface area contributed by atoms with Crippen molar-refractivity contribution in [2.24, 2.45) is 0 Å². The van der Waals surface area contributed by atoms with Crippen LogP contribution in [0.5, 0.6) is 5.88 Å². The van der Waals surface area contributed by atoms with E-state index in [-0.39, 0.29) is 12.3 Å². The van der Waals surface area contributed by atoms with Crippen LogP contribution in [0.2, 0.25) is 0 Å². The molecule has 0 atom stereocenters. The van der Waals surface area contributed by atoms with Gasteiger partial charge in [0, 0.05) is 11.8 Å². The van der Waals surface area contributed by atoms with Crippen LogP contribution in [0.3, 0.4) is 0 Å². The normalized spacial score (nSPS) is 9.95. The van der Waals surface area contributed by atoms with Crippen LogP contribution in [0, 0.1) is 0 Å². The summed E-state index contributed by atoms with van der Waals surface area (Å²) in [6, 6.07) is 6.84. The zero-order chi connectivity index (χ0) is 13.7. The first-order chi connectivity index (χ1) is 9.17. The van der Waals surface area contributed by atoms with E-state index < -0.39 is 0 Å². The number of pyridine rings is 2. The largest absolute Gasteiger partial charge is 0.481 e. The summed E-state index contributed by atoms with van der Waals surface area (Å²) in [6.07, 6.45) is 3.25. The van der Waals surface area contributed by atoms with Crippen LogP contribution in [0.1, 0.15) is 5.69 Å². The first-order valence-electron chi connectivity index (χ1n) is 5.67. The standard InChI is InChI=1S/C13H14N4O2/c1-19-13-5-4-11(8-16-13)17-12(18)6-10-3-2-9(14)7-15-10/h2-5,7-8H,6,14H2,1H3,(H,17,18). The topological polar surface area (TPSA) is 90.1 Å². The van der Waals surface area contributed by atoms with Gasteiger partial charge in [-0.3, -0.25) is 9.78 Å². The number of nitrogens with zero attached hydrogens (tertiary/aromatic N) is 2. The predicted molar refractivity (Wildman–Crippen MR) is 71.8 cm³/mol. The lowest BCUT2D eigenvalue weighted by Gasteiger charge is -2.05. The molecule has 2 aromatic rings. The number of hydrogen-bond acceptors (Lipinski definition) is 5. The number of nitrogens with two attached hydrogens (primary N) is 1. The molecule has 0 unspecified atom stereocenters. The highest BCUT2D eigenvalue weighted by atomic mass is 16.5.